The Morgan fingerprint density at radius 2 is 2.12 bits per heavy atom. The summed E-state index contributed by atoms with van der Waals surface area (Å²) in [5.41, 5.74) is 0.252. The van der Waals surface area contributed by atoms with Crippen molar-refractivity contribution in [3.8, 4) is 5.75 Å². The number of sulfone groups is 1. The lowest BCUT2D eigenvalue weighted by Crippen LogP contribution is -2.38. The van der Waals surface area contributed by atoms with Gasteiger partial charge in [0, 0.05) is 11.7 Å². The van der Waals surface area contributed by atoms with Crippen LogP contribution in [0.15, 0.2) is 23.1 Å². The molecule has 140 valence electrons. The molecule has 11 heteroatoms. The minimum atomic E-state index is -4.01. The Morgan fingerprint density at radius 3 is 2.64 bits per heavy atom. The number of ether oxygens (including phenoxy) is 1. The van der Waals surface area contributed by atoms with Crippen LogP contribution in [0.2, 0.25) is 0 Å². The highest BCUT2D eigenvalue weighted by Crippen LogP contribution is 2.26. The number of primary sulfonamides is 1. The van der Waals surface area contributed by atoms with Crippen LogP contribution in [-0.2, 0) is 24.7 Å². The van der Waals surface area contributed by atoms with E-state index in [1.807, 2.05) is 0 Å². The molecule has 0 aliphatic carbocycles. The predicted molar refractivity (Wildman–Crippen MR) is 92.7 cm³/mol. The summed E-state index contributed by atoms with van der Waals surface area (Å²) in [5, 5.41) is 7.71. The summed E-state index contributed by atoms with van der Waals surface area (Å²) in [7, 11) is -4.05. The smallest absolute Gasteiger partial charge is 0.241 e. The number of nitrogens with one attached hydrogen (secondary N) is 1. The summed E-state index contributed by atoms with van der Waals surface area (Å²) in [5.74, 6) is -0.152. The molecule has 3 N–H and O–H groups in total. The Hall–Kier alpha value is -1.69. The van der Waals surface area contributed by atoms with E-state index in [0.717, 1.165) is 0 Å². The second-order valence-electron chi connectivity index (χ2n) is 5.93. The molecule has 1 aromatic carbocycles. The number of nitrogens with two attached hydrogens (primary N) is 1. The van der Waals surface area contributed by atoms with E-state index in [-0.39, 0.29) is 40.4 Å². The van der Waals surface area contributed by atoms with Crippen LogP contribution in [0, 0.1) is 0 Å². The molecular weight excluding hydrogens is 370 g/mol. The molecule has 25 heavy (non-hydrogen) atoms. The fourth-order valence-corrected chi connectivity index (χ4v) is 5.18. The molecule has 1 amide bonds. The molecule has 1 saturated heterocycles. The quantitative estimate of drug-likeness (QED) is 0.661. The van der Waals surface area contributed by atoms with E-state index >= 15 is 0 Å². The predicted octanol–water partition coefficient (Wildman–Crippen LogP) is -0.600. The van der Waals surface area contributed by atoms with E-state index in [2.05, 4.69) is 5.32 Å². The van der Waals surface area contributed by atoms with Gasteiger partial charge >= 0.3 is 0 Å². The van der Waals surface area contributed by atoms with Crippen molar-refractivity contribution in [2.75, 3.05) is 37.5 Å². The lowest BCUT2D eigenvalue weighted by Gasteiger charge is -2.22. The zero-order valence-corrected chi connectivity index (χ0v) is 15.6. The first kappa shape index (κ1) is 19.6. The lowest BCUT2D eigenvalue weighted by atomic mass is 10.2. The van der Waals surface area contributed by atoms with Crippen molar-refractivity contribution in [3.63, 3.8) is 0 Å². The summed E-state index contributed by atoms with van der Waals surface area (Å²) in [6, 6.07) is 3.90. The molecule has 0 saturated carbocycles. The second-order valence-corrected chi connectivity index (χ2v) is 9.69. The van der Waals surface area contributed by atoms with E-state index in [1.165, 1.54) is 25.3 Å². The molecule has 1 aliphatic heterocycles. The van der Waals surface area contributed by atoms with Gasteiger partial charge in [-0.2, -0.15) is 0 Å². The topological polar surface area (TPSA) is 136 Å². The van der Waals surface area contributed by atoms with Gasteiger partial charge in [-0.15, -0.1) is 0 Å². The van der Waals surface area contributed by atoms with Crippen molar-refractivity contribution in [2.45, 2.75) is 17.4 Å². The van der Waals surface area contributed by atoms with Crippen LogP contribution in [0.1, 0.15) is 6.42 Å². The summed E-state index contributed by atoms with van der Waals surface area (Å²) >= 11 is 0. The first-order valence-electron chi connectivity index (χ1n) is 7.43. The number of sulfonamides is 1. The zero-order chi connectivity index (χ0) is 18.8. The highest BCUT2D eigenvalue weighted by molar-refractivity contribution is 7.91. The number of benzene rings is 1. The van der Waals surface area contributed by atoms with Gasteiger partial charge in [-0.25, -0.2) is 22.0 Å². The molecule has 0 spiro atoms. The molecule has 9 nitrogen and oxygen atoms in total. The molecule has 1 aliphatic rings. The molecule has 1 aromatic rings. The Balaban J connectivity index is 2.06. The maximum atomic E-state index is 12.1. The van der Waals surface area contributed by atoms with Crippen LogP contribution in [0.3, 0.4) is 0 Å². The van der Waals surface area contributed by atoms with Crippen molar-refractivity contribution >= 4 is 31.5 Å². The third kappa shape index (κ3) is 5.14. The minimum absolute atomic E-state index is 0.0169. The number of methoxy groups -OCH3 is 1. The number of carbonyl (C=O) groups excluding carboxylic acids is 1. The second kappa shape index (κ2) is 7.28. The number of hydrogen-bond donors (Lipinski definition) is 2. The van der Waals surface area contributed by atoms with Gasteiger partial charge in [0.15, 0.2) is 9.84 Å². The lowest BCUT2D eigenvalue weighted by molar-refractivity contribution is -0.117. The Morgan fingerprint density at radius 1 is 1.44 bits per heavy atom. The highest BCUT2D eigenvalue weighted by atomic mass is 32.2. The van der Waals surface area contributed by atoms with Gasteiger partial charge in [-0.1, -0.05) is 0 Å². The molecular formula is C14H21N3O6S2. The van der Waals surface area contributed by atoms with Crippen molar-refractivity contribution in [1.82, 2.24) is 4.90 Å². The number of nitrogens with zero attached hydrogens (tertiary/aromatic N) is 1. The first-order chi connectivity index (χ1) is 11.5. The first-order valence-corrected chi connectivity index (χ1v) is 10.8. The van der Waals surface area contributed by atoms with Crippen molar-refractivity contribution in [1.29, 1.82) is 0 Å². The zero-order valence-electron chi connectivity index (χ0n) is 13.9. The van der Waals surface area contributed by atoms with Gasteiger partial charge in [-0.3, -0.25) is 9.69 Å². The molecule has 0 bridgehead atoms. The van der Waals surface area contributed by atoms with Crippen LogP contribution < -0.4 is 15.2 Å². The highest BCUT2D eigenvalue weighted by Gasteiger charge is 2.31. The van der Waals surface area contributed by atoms with Crippen LogP contribution in [-0.4, -0.2) is 65.9 Å². The molecule has 1 atom stereocenters. The SMILES string of the molecule is COc1ccc(NC(=O)CN(C)C2CCS(=O)(=O)C2)cc1S(N)(=O)=O. The van der Waals surface area contributed by atoms with Crippen molar-refractivity contribution < 1.29 is 26.4 Å². The summed E-state index contributed by atoms with van der Waals surface area (Å²) < 4.78 is 51.1. The van der Waals surface area contributed by atoms with Gasteiger partial charge < -0.3 is 10.1 Å². The van der Waals surface area contributed by atoms with Gasteiger partial charge in [0.1, 0.15) is 10.6 Å². The van der Waals surface area contributed by atoms with Gasteiger partial charge in [-0.05, 0) is 31.7 Å². The van der Waals surface area contributed by atoms with Crippen molar-refractivity contribution in [2.24, 2.45) is 5.14 Å². The number of rotatable bonds is 6. The maximum Gasteiger partial charge on any atom is 0.241 e. The number of anilines is 1. The van der Waals surface area contributed by atoms with E-state index in [1.54, 1.807) is 11.9 Å². The van der Waals surface area contributed by atoms with Gasteiger partial charge in [0.05, 0.1) is 25.2 Å². The number of carbonyl (C=O) groups is 1. The monoisotopic (exact) mass is 391 g/mol. The van der Waals surface area contributed by atoms with E-state index < -0.39 is 25.8 Å². The van der Waals surface area contributed by atoms with Gasteiger partial charge in [0.2, 0.25) is 15.9 Å². The minimum Gasteiger partial charge on any atom is -0.495 e. The number of amides is 1. The molecule has 2 rings (SSSR count). The van der Waals surface area contributed by atoms with E-state index in [9.17, 15) is 21.6 Å². The summed E-state index contributed by atoms with van der Waals surface area (Å²) in [6.07, 6.45) is 0.490. The molecule has 0 aromatic heterocycles. The van der Waals surface area contributed by atoms with Crippen LogP contribution in [0.5, 0.6) is 5.75 Å². The fourth-order valence-electron chi connectivity index (χ4n) is 2.66. The molecule has 0 radical (unpaired) electrons. The Kier molecular flexibility index (Phi) is 5.72. The number of likely N-dealkylation sites (N-methyl/N-ethyl adjacent to an activating group) is 1. The largest absolute Gasteiger partial charge is 0.495 e. The van der Waals surface area contributed by atoms with E-state index in [0.29, 0.717) is 6.42 Å². The summed E-state index contributed by atoms with van der Waals surface area (Å²) in [6.45, 7) is -0.0169. The molecule has 1 heterocycles. The fraction of sp³-hybridized carbons (Fsp3) is 0.500. The van der Waals surface area contributed by atoms with Crippen molar-refractivity contribution in [3.05, 3.63) is 18.2 Å². The molecule has 1 unspecified atom stereocenters. The maximum absolute atomic E-state index is 12.1. The third-order valence-corrected chi connectivity index (χ3v) is 6.66. The Labute approximate surface area is 147 Å². The Bertz CT molecular complexity index is 867. The average molecular weight is 391 g/mol. The third-order valence-electron chi connectivity index (χ3n) is 3.98. The van der Waals surface area contributed by atoms with E-state index in [4.69, 9.17) is 9.88 Å². The normalized spacial score (nSPS) is 19.8. The van der Waals surface area contributed by atoms with Crippen LogP contribution in [0.4, 0.5) is 5.69 Å². The summed E-state index contributed by atoms with van der Waals surface area (Å²) in [4.78, 5) is 13.6. The number of hydrogen-bond acceptors (Lipinski definition) is 7. The standard InChI is InChI=1S/C14H21N3O6S2/c1-17(11-5-6-24(19,20)9-11)8-14(18)16-10-3-4-12(23-2)13(7-10)25(15,21)22/h3-4,7,11H,5-6,8-9H2,1-2H3,(H,16,18)(H2,15,21,22). The molecule has 1 fully saturated rings. The average Bonchev–Trinajstić information content (AvgIpc) is 2.86. The van der Waals surface area contributed by atoms with Gasteiger partial charge in [0.25, 0.3) is 0 Å². The van der Waals surface area contributed by atoms with Crippen LogP contribution in [0.25, 0.3) is 0 Å². The van der Waals surface area contributed by atoms with Crippen LogP contribution >= 0.6 is 0 Å².